The van der Waals surface area contributed by atoms with Gasteiger partial charge in [-0.2, -0.15) is 9.41 Å². The van der Waals surface area contributed by atoms with Crippen LogP contribution in [-0.4, -0.2) is 42.6 Å². The van der Waals surface area contributed by atoms with E-state index in [4.69, 9.17) is 11.6 Å². The third-order valence-corrected chi connectivity index (χ3v) is 9.62. The number of hydrogen-bond acceptors (Lipinski definition) is 6. The molecule has 2 aliphatic rings. The van der Waals surface area contributed by atoms with Crippen molar-refractivity contribution in [3.05, 3.63) is 99.9 Å². The van der Waals surface area contributed by atoms with E-state index in [1.165, 1.54) is 16.7 Å². The molecule has 3 aromatic carbocycles. The second-order valence-corrected chi connectivity index (χ2v) is 12.6. The summed E-state index contributed by atoms with van der Waals surface area (Å²) in [5.41, 5.74) is 2.88. The minimum absolute atomic E-state index is 0.194. The molecular formula is C29H27ClN4O3S2. The van der Waals surface area contributed by atoms with Gasteiger partial charge in [0.1, 0.15) is 0 Å². The lowest BCUT2D eigenvalue weighted by atomic mass is 10.1. The van der Waals surface area contributed by atoms with Gasteiger partial charge in [0, 0.05) is 18.1 Å². The molecule has 10 heteroatoms. The van der Waals surface area contributed by atoms with E-state index in [9.17, 15) is 13.2 Å². The fraction of sp³-hybridized carbons (Fsp3) is 0.207. The maximum Gasteiger partial charge on any atom is 0.271 e. The number of piperidine rings is 1. The number of rotatable bonds is 6. The molecule has 7 nitrogen and oxygen atoms in total. The highest BCUT2D eigenvalue weighted by Gasteiger charge is 2.35. The summed E-state index contributed by atoms with van der Waals surface area (Å²) in [5.74, 6) is -0.194. The number of anilines is 1. The van der Waals surface area contributed by atoms with E-state index in [0.29, 0.717) is 39.6 Å². The molecule has 2 aliphatic heterocycles. The van der Waals surface area contributed by atoms with Crippen LogP contribution in [0.5, 0.6) is 0 Å². The van der Waals surface area contributed by atoms with E-state index < -0.39 is 10.0 Å². The van der Waals surface area contributed by atoms with Gasteiger partial charge in [-0.05, 0) is 85.1 Å². The normalized spacial score (nSPS) is 19.3. The Balaban J connectivity index is 1.41. The van der Waals surface area contributed by atoms with Crippen LogP contribution in [0, 0.1) is 0 Å². The van der Waals surface area contributed by atoms with Crippen molar-refractivity contribution in [1.82, 2.24) is 4.31 Å². The molecule has 39 heavy (non-hydrogen) atoms. The monoisotopic (exact) mass is 578 g/mol. The predicted molar refractivity (Wildman–Crippen MR) is 160 cm³/mol. The van der Waals surface area contributed by atoms with Crippen LogP contribution in [0.1, 0.15) is 37.3 Å². The molecular weight excluding hydrogens is 552 g/mol. The van der Waals surface area contributed by atoms with Crippen molar-refractivity contribution in [2.24, 2.45) is 10.2 Å². The van der Waals surface area contributed by atoms with Gasteiger partial charge in [-0.1, -0.05) is 60.5 Å². The van der Waals surface area contributed by atoms with E-state index in [0.717, 1.165) is 30.4 Å². The first-order chi connectivity index (χ1) is 18.8. The quantitative estimate of drug-likeness (QED) is 0.192. The molecule has 2 saturated heterocycles. The second kappa shape index (κ2) is 11.9. The lowest BCUT2D eigenvalue weighted by molar-refractivity contribution is -0.113. The highest BCUT2D eigenvalue weighted by molar-refractivity contribution is 8.19. The topological polar surface area (TPSA) is 82.4 Å². The van der Waals surface area contributed by atoms with E-state index in [1.54, 1.807) is 53.7 Å². The summed E-state index contributed by atoms with van der Waals surface area (Å²) in [4.78, 5) is 15.7. The maximum atomic E-state index is 13.4. The fourth-order valence-electron chi connectivity index (χ4n) is 4.35. The lowest BCUT2D eigenvalue weighted by Crippen LogP contribution is -2.35. The first kappa shape index (κ1) is 27.3. The smallest absolute Gasteiger partial charge is 0.268 e. The number of amides is 1. The van der Waals surface area contributed by atoms with Crippen molar-refractivity contribution in [3.63, 3.8) is 0 Å². The molecule has 0 aliphatic carbocycles. The number of halogens is 1. The van der Waals surface area contributed by atoms with Crippen molar-refractivity contribution >= 4 is 61.9 Å². The van der Waals surface area contributed by atoms with E-state index in [1.807, 2.05) is 42.5 Å². The summed E-state index contributed by atoms with van der Waals surface area (Å²) in [5, 5.41) is 9.90. The zero-order chi connectivity index (χ0) is 27.4. The average molecular weight is 579 g/mol. The van der Waals surface area contributed by atoms with Gasteiger partial charge in [0.05, 0.1) is 21.2 Å². The number of sulfonamides is 1. The zero-order valence-corrected chi connectivity index (χ0v) is 23.7. The van der Waals surface area contributed by atoms with Crippen LogP contribution in [0.15, 0.2) is 98.9 Å². The lowest BCUT2D eigenvalue weighted by Gasteiger charge is -2.25. The zero-order valence-electron chi connectivity index (χ0n) is 21.3. The number of thioether (sulfide) groups is 1. The third kappa shape index (κ3) is 6.17. The van der Waals surface area contributed by atoms with E-state index >= 15 is 0 Å². The van der Waals surface area contributed by atoms with Crippen molar-refractivity contribution in [3.8, 4) is 0 Å². The number of carbonyl (C=O) groups is 1. The predicted octanol–water partition coefficient (Wildman–Crippen LogP) is 6.42. The molecule has 0 N–H and O–H groups in total. The van der Waals surface area contributed by atoms with Gasteiger partial charge in [0.15, 0.2) is 0 Å². The largest absolute Gasteiger partial charge is 0.271 e. The number of nitrogens with zero attached hydrogens (tertiary/aromatic N) is 4. The summed E-state index contributed by atoms with van der Waals surface area (Å²) in [7, 11) is -3.50. The number of para-hydroxylation sites is 1. The van der Waals surface area contributed by atoms with Gasteiger partial charge in [0.2, 0.25) is 15.2 Å². The Bertz CT molecular complexity index is 1550. The van der Waals surface area contributed by atoms with Crippen LogP contribution in [0.4, 0.5) is 5.69 Å². The molecule has 0 bridgehead atoms. The highest BCUT2D eigenvalue weighted by atomic mass is 35.5. The van der Waals surface area contributed by atoms with Crippen molar-refractivity contribution in [2.45, 2.75) is 31.1 Å². The van der Waals surface area contributed by atoms with Crippen LogP contribution in [0.25, 0.3) is 6.08 Å². The Labute approximate surface area is 237 Å². The maximum absolute atomic E-state index is 13.4. The summed E-state index contributed by atoms with van der Waals surface area (Å²) < 4.78 is 27.5. The highest BCUT2D eigenvalue weighted by Crippen LogP contribution is 2.36. The Morgan fingerprint density at radius 3 is 2.26 bits per heavy atom. The van der Waals surface area contributed by atoms with Crippen molar-refractivity contribution in [1.29, 1.82) is 0 Å². The van der Waals surface area contributed by atoms with E-state index in [2.05, 4.69) is 10.2 Å². The molecule has 200 valence electrons. The number of benzene rings is 3. The van der Waals surface area contributed by atoms with Gasteiger partial charge >= 0.3 is 0 Å². The molecule has 0 spiro atoms. The molecule has 3 aromatic rings. The fourth-order valence-corrected chi connectivity index (χ4v) is 6.93. The van der Waals surface area contributed by atoms with Gasteiger partial charge in [0.25, 0.3) is 5.91 Å². The number of amidine groups is 1. The summed E-state index contributed by atoms with van der Waals surface area (Å²) in [6.07, 6.45) is 4.65. The molecule has 0 saturated carbocycles. The molecule has 0 aromatic heterocycles. The molecule has 1 amide bonds. The molecule has 0 radical (unpaired) electrons. The Morgan fingerprint density at radius 2 is 1.59 bits per heavy atom. The van der Waals surface area contributed by atoms with E-state index in [-0.39, 0.29) is 10.8 Å². The van der Waals surface area contributed by atoms with Gasteiger partial charge in [-0.25, -0.2) is 8.42 Å². The third-order valence-electron chi connectivity index (χ3n) is 6.50. The Morgan fingerprint density at radius 1 is 0.923 bits per heavy atom. The van der Waals surface area contributed by atoms with Crippen LogP contribution in [-0.2, 0) is 14.8 Å². The Kier molecular flexibility index (Phi) is 8.32. The van der Waals surface area contributed by atoms with Crippen molar-refractivity contribution < 1.29 is 13.2 Å². The standard InChI is InChI=1S/C29H27ClN4O3S2/c1-21(23-12-16-26(17-13-23)39(36,37)33-18-6-3-7-19-33)31-32-29-34(25-8-4-2-5-9-25)28(35)27(38-29)20-22-10-14-24(30)15-11-22/h2,4-5,8-17,20H,3,6-7,18-19H2,1H3/b27-20+,31-21+,32-29-. The van der Waals surface area contributed by atoms with Crippen molar-refractivity contribution in [2.75, 3.05) is 18.0 Å². The molecule has 2 fully saturated rings. The number of carbonyl (C=O) groups excluding carboxylic acids is 1. The van der Waals surface area contributed by atoms with Gasteiger partial charge in [-0.15, -0.1) is 5.10 Å². The molecule has 5 rings (SSSR count). The first-order valence-electron chi connectivity index (χ1n) is 12.6. The minimum Gasteiger partial charge on any atom is -0.268 e. The molecule has 2 heterocycles. The Hall–Kier alpha value is -3.24. The van der Waals surface area contributed by atoms with Crippen LogP contribution in [0.2, 0.25) is 5.02 Å². The van der Waals surface area contributed by atoms with Crippen LogP contribution >= 0.6 is 23.4 Å². The SMILES string of the molecule is C/C(=N\N=C1/S/C(=C/c2ccc(Cl)cc2)C(=O)N1c1ccccc1)c1ccc(S(=O)(=O)N2CCCCC2)cc1. The minimum atomic E-state index is -3.50. The molecule has 0 unspecified atom stereocenters. The summed E-state index contributed by atoms with van der Waals surface area (Å²) in [6.45, 7) is 2.92. The van der Waals surface area contributed by atoms with Crippen LogP contribution in [0.3, 0.4) is 0 Å². The van der Waals surface area contributed by atoms with Gasteiger partial charge < -0.3 is 0 Å². The number of hydrogen-bond donors (Lipinski definition) is 0. The van der Waals surface area contributed by atoms with Gasteiger partial charge in [-0.3, -0.25) is 9.69 Å². The second-order valence-electron chi connectivity index (χ2n) is 9.20. The van der Waals surface area contributed by atoms with Crippen LogP contribution < -0.4 is 4.90 Å². The summed E-state index contributed by atoms with van der Waals surface area (Å²) >= 11 is 7.25. The average Bonchev–Trinajstić information content (AvgIpc) is 3.28. The molecule has 0 atom stereocenters. The first-order valence-corrected chi connectivity index (χ1v) is 15.2. The summed E-state index contributed by atoms with van der Waals surface area (Å²) in [6, 6.07) is 23.3.